The zero-order valence-corrected chi connectivity index (χ0v) is 14.5. The van der Waals surface area contributed by atoms with E-state index in [1.54, 1.807) is 12.1 Å². The minimum atomic E-state index is -0.280. The van der Waals surface area contributed by atoms with Crippen molar-refractivity contribution in [3.8, 4) is 11.3 Å². The molecular weight excluding hydrogens is 370 g/mol. The molecule has 0 bridgehead atoms. The number of anilines is 1. The normalized spacial score (nSPS) is 13.5. The van der Waals surface area contributed by atoms with Crippen LogP contribution in [0.25, 0.3) is 11.3 Å². The van der Waals surface area contributed by atoms with Gasteiger partial charge in [-0.15, -0.1) is 0 Å². The van der Waals surface area contributed by atoms with Crippen molar-refractivity contribution >= 4 is 27.5 Å². The quantitative estimate of drug-likeness (QED) is 0.721. The highest BCUT2D eigenvalue weighted by Crippen LogP contribution is 2.29. The van der Waals surface area contributed by atoms with Crippen molar-refractivity contribution in [3.63, 3.8) is 0 Å². The van der Waals surface area contributed by atoms with E-state index in [9.17, 15) is 4.79 Å². The number of para-hydroxylation sites is 1. The predicted molar refractivity (Wildman–Crippen MR) is 95.0 cm³/mol. The van der Waals surface area contributed by atoms with E-state index in [2.05, 4.69) is 32.0 Å². The second kappa shape index (κ2) is 6.28. The number of aryl methyl sites for hydroxylation is 2. The number of aromatic nitrogens is 2. The van der Waals surface area contributed by atoms with Gasteiger partial charge in [0.15, 0.2) is 10.4 Å². The van der Waals surface area contributed by atoms with Crippen molar-refractivity contribution in [2.45, 2.75) is 25.8 Å². The second-order valence-electron chi connectivity index (χ2n) is 5.80. The zero-order chi connectivity index (χ0) is 16.5. The third-order valence-corrected chi connectivity index (χ3v) is 4.58. The van der Waals surface area contributed by atoms with Crippen molar-refractivity contribution < 1.29 is 9.21 Å². The van der Waals surface area contributed by atoms with E-state index in [4.69, 9.17) is 9.40 Å². The number of rotatable bonds is 3. The molecule has 0 fully saturated rings. The molecule has 5 nitrogen and oxygen atoms in total. The third kappa shape index (κ3) is 2.89. The summed E-state index contributed by atoms with van der Waals surface area (Å²) in [5, 5.41) is 2.92. The van der Waals surface area contributed by atoms with Crippen LogP contribution in [0.2, 0.25) is 0 Å². The first-order valence-electron chi connectivity index (χ1n) is 7.93. The lowest BCUT2D eigenvalue weighted by molar-refractivity contribution is 0.0995. The number of carbonyl (C=O) groups excluding carboxylic acids is 1. The van der Waals surface area contributed by atoms with Crippen LogP contribution < -0.4 is 5.32 Å². The van der Waals surface area contributed by atoms with Crippen LogP contribution in [0.1, 0.15) is 29.2 Å². The Morgan fingerprint density at radius 1 is 1.21 bits per heavy atom. The van der Waals surface area contributed by atoms with Gasteiger partial charge in [-0.05, 0) is 47.0 Å². The molecule has 6 heteroatoms. The molecule has 0 spiro atoms. The van der Waals surface area contributed by atoms with E-state index in [-0.39, 0.29) is 11.7 Å². The molecule has 4 rings (SSSR count). The molecule has 1 amide bonds. The van der Waals surface area contributed by atoms with E-state index in [1.165, 1.54) is 12.8 Å². The molecule has 1 aliphatic rings. The highest BCUT2D eigenvalue weighted by Gasteiger charge is 2.17. The van der Waals surface area contributed by atoms with E-state index in [0.717, 1.165) is 35.7 Å². The molecule has 0 atom stereocenters. The van der Waals surface area contributed by atoms with E-state index < -0.39 is 0 Å². The molecule has 0 saturated heterocycles. The number of nitrogens with one attached hydrogen (secondary N) is 1. The number of furan rings is 1. The van der Waals surface area contributed by atoms with Crippen molar-refractivity contribution in [1.82, 2.24) is 9.55 Å². The summed E-state index contributed by atoms with van der Waals surface area (Å²) in [4.78, 5) is 17.1. The molecule has 3 heterocycles. The fourth-order valence-corrected chi connectivity index (χ4v) is 3.28. The summed E-state index contributed by atoms with van der Waals surface area (Å²) in [5.74, 6) is 1.10. The van der Waals surface area contributed by atoms with E-state index in [0.29, 0.717) is 4.67 Å². The molecule has 1 N–H and O–H groups in total. The lowest BCUT2D eigenvalue weighted by Crippen LogP contribution is -2.11. The van der Waals surface area contributed by atoms with Crippen molar-refractivity contribution in [1.29, 1.82) is 0 Å². The number of hydrogen-bond acceptors (Lipinski definition) is 3. The Bertz CT molecular complexity index is 874. The Kier molecular flexibility index (Phi) is 3.98. The van der Waals surface area contributed by atoms with Gasteiger partial charge in [0.2, 0.25) is 0 Å². The standard InChI is InChI=1S/C18H16BrN3O2/c19-16-9-8-15(24-16)18(23)21-13-6-2-1-5-12(13)14-11-22-10-4-3-7-17(22)20-14/h1-2,5-6,8-9,11H,3-4,7,10H2,(H,21,23). The lowest BCUT2D eigenvalue weighted by atomic mass is 10.1. The molecule has 1 aliphatic heterocycles. The summed E-state index contributed by atoms with van der Waals surface area (Å²) in [6.07, 6.45) is 5.45. The van der Waals surface area contributed by atoms with Gasteiger partial charge in [-0.25, -0.2) is 4.98 Å². The van der Waals surface area contributed by atoms with Crippen LogP contribution in [0.3, 0.4) is 0 Å². The maximum atomic E-state index is 12.4. The first kappa shape index (κ1) is 15.2. The molecule has 0 radical (unpaired) electrons. The Morgan fingerprint density at radius 2 is 2.08 bits per heavy atom. The maximum absolute atomic E-state index is 12.4. The molecule has 122 valence electrons. The van der Waals surface area contributed by atoms with Crippen LogP contribution in [-0.4, -0.2) is 15.5 Å². The van der Waals surface area contributed by atoms with Gasteiger partial charge >= 0.3 is 0 Å². The number of carbonyl (C=O) groups is 1. The van der Waals surface area contributed by atoms with Crippen LogP contribution in [0.5, 0.6) is 0 Å². The number of halogens is 1. The van der Waals surface area contributed by atoms with Gasteiger partial charge in [0.05, 0.1) is 11.4 Å². The first-order chi connectivity index (χ1) is 11.7. The van der Waals surface area contributed by atoms with Gasteiger partial charge < -0.3 is 14.3 Å². The van der Waals surface area contributed by atoms with Gasteiger partial charge in [0.25, 0.3) is 5.91 Å². The fraction of sp³-hybridized carbons (Fsp3) is 0.222. The first-order valence-corrected chi connectivity index (χ1v) is 8.72. The Hall–Kier alpha value is -2.34. The monoisotopic (exact) mass is 385 g/mol. The van der Waals surface area contributed by atoms with E-state index in [1.807, 2.05) is 24.3 Å². The second-order valence-corrected chi connectivity index (χ2v) is 6.58. The minimum Gasteiger partial charge on any atom is -0.444 e. The minimum absolute atomic E-state index is 0.265. The fourth-order valence-electron chi connectivity index (χ4n) is 2.98. The van der Waals surface area contributed by atoms with Crippen LogP contribution in [0.4, 0.5) is 5.69 Å². The van der Waals surface area contributed by atoms with Crippen LogP contribution in [0.15, 0.2) is 51.7 Å². The van der Waals surface area contributed by atoms with Gasteiger partial charge in [-0.2, -0.15) is 0 Å². The van der Waals surface area contributed by atoms with Crippen LogP contribution in [0, 0.1) is 0 Å². The highest BCUT2D eigenvalue weighted by molar-refractivity contribution is 9.10. The average molecular weight is 386 g/mol. The molecule has 0 saturated carbocycles. The Balaban J connectivity index is 1.65. The van der Waals surface area contributed by atoms with Crippen LogP contribution in [-0.2, 0) is 13.0 Å². The van der Waals surface area contributed by atoms with Gasteiger partial charge in [-0.3, -0.25) is 4.79 Å². The smallest absolute Gasteiger partial charge is 0.291 e. The molecule has 24 heavy (non-hydrogen) atoms. The third-order valence-electron chi connectivity index (χ3n) is 4.16. The maximum Gasteiger partial charge on any atom is 0.291 e. The summed E-state index contributed by atoms with van der Waals surface area (Å²) in [6, 6.07) is 11.0. The van der Waals surface area contributed by atoms with Gasteiger partial charge in [-0.1, -0.05) is 18.2 Å². The van der Waals surface area contributed by atoms with Gasteiger partial charge in [0, 0.05) is 24.7 Å². The van der Waals surface area contributed by atoms with Gasteiger partial charge in [0.1, 0.15) is 5.82 Å². The highest BCUT2D eigenvalue weighted by atomic mass is 79.9. The van der Waals surface area contributed by atoms with Crippen molar-refractivity contribution in [2.24, 2.45) is 0 Å². The van der Waals surface area contributed by atoms with Crippen molar-refractivity contribution in [2.75, 3.05) is 5.32 Å². The molecule has 0 aliphatic carbocycles. The number of hydrogen-bond donors (Lipinski definition) is 1. The number of nitrogens with zero attached hydrogens (tertiary/aromatic N) is 2. The molecule has 3 aromatic rings. The summed E-state index contributed by atoms with van der Waals surface area (Å²) in [5.41, 5.74) is 2.53. The van der Waals surface area contributed by atoms with Crippen molar-refractivity contribution in [3.05, 3.63) is 58.8 Å². The Morgan fingerprint density at radius 3 is 2.88 bits per heavy atom. The Labute approximate surface area is 147 Å². The number of amides is 1. The summed E-state index contributed by atoms with van der Waals surface area (Å²) < 4.78 is 8.05. The molecular formula is C18H16BrN3O2. The summed E-state index contributed by atoms with van der Waals surface area (Å²) in [7, 11) is 0. The summed E-state index contributed by atoms with van der Waals surface area (Å²) >= 11 is 3.21. The number of fused-ring (bicyclic) bond motifs is 1. The zero-order valence-electron chi connectivity index (χ0n) is 13.0. The lowest BCUT2D eigenvalue weighted by Gasteiger charge is -2.11. The SMILES string of the molecule is O=C(Nc1ccccc1-c1cn2c(n1)CCCC2)c1ccc(Br)o1. The molecule has 1 aromatic carbocycles. The topological polar surface area (TPSA) is 60.1 Å². The number of imidazole rings is 1. The largest absolute Gasteiger partial charge is 0.444 e. The molecule has 2 aromatic heterocycles. The predicted octanol–water partition coefficient (Wildman–Crippen LogP) is 4.49. The van der Waals surface area contributed by atoms with Crippen LogP contribution >= 0.6 is 15.9 Å². The number of benzene rings is 1. The average Bonchev–Trinajstić information content (AvgIpc) is 3.21. The molecule has 0 unspecified atom stereocenters. The summed E-state index contributed by atoms with van der Waals surface area (Å²) in [6.45, 7) is 1.01. The van der Waals surface area contributed by atoms with E-state index >= 15 is 0 Å².